The van der Waals surface area contributed by atoms with Crippen molar-refractivity contribution in [1.29, 1.82) is 0 Å². The molecular weight excluding hydrogens is 491 g/mol. The van der Waals surface area contributed by atoms with E-state index in [1.807, 2.05) is 19.9 Å². The Balaban J connectivity index is 1.53. The molecule has 4 heterocycles. The molecule has 1 aliphatic heterocycles. The summed E-state index contributed by atoms with van der Waals surface area (Å²) in [7, 11) is 0. The highest BCUT2D eigenvalue weighted by molar-refractivity contribution is 6.33. The number of pyridine rings is 1. The Labute approximate surface area is 212 Å². The molecule has 0 spiro atoms. The maximum atomic E-state index is 14.9. The molecule has 4 rings (SSSR count). The van der Waals surface area contributed by atoms with Crippen molar-refractivity contribution < 1.29 is 19.3 Å². The fourth-order valence-corrected chi connectivity index (χ4v) is 4.66. The Morgan fingerprint density at radius 2 is 2.03 bits per heavy atom. The number of alkyl halides is 1. The van der Waals surface area contributed by atoms with Crippen molar-refractivity contribution in [2.45, 2.75) is 58.7 Å². The normalized spacial score (nSPS) is 18.2. The first kappa shape index (κ1) is 26.1. The third-order valence-electron chi connectivity index (χ3n) is 6.03. The van der Waals surface area contributed by atoms with E-state index in [-0.39, 0.29) is 37.1 Å². The lowest BCUT2D eigenvalue weighted by Crippen LogP contribution is -2.30. The standard InChI is InChI=1S/C24H30ClFN6O4/c1-14-21(15(2)32(29-14)13-24(3,4)35)16-5-6-27-20(9-16)36-19-12-30(11-17(19)26)18-10-28-31(7-8-33)23(34)22(18)25/h5-6,9-10,17,19,33,35H,7-8,11-13H2,1-4H3/t17-,19-/m0/s1. The van der Waals surface area contributed by atoms with Crippen molar-refractivity contribution in [2.75, 3.05) is 24.6 Å². The van der Waals surface area contributed by atoms with Crippen LogP contribution in [0, 0.1) is 13.8 Å². The van der Waals surface area contributed by atoms with Gasteiger partial charge in [0.15, 0.2) is 12.3 Å². The first-order chi connectivity index (χ1) is 17.0. The SMILES string of the molecule is Cc1nn(CC(C)(C)O)c(C)c1-c1ccnc(O[C@H]2CN(c3cnn(CCO)c(=O)c3Cl)C[C@@H]2F)c1. The molecule has 0 bridgehead atoms. The molecule has 2 N–H and O–H groups in total. The van der Waals surface area contributed by atoms with Gasteiger partial charge in [-0.25, -0.2) is 14.1 Å². The lowest BCUT2D eigenvalue weighted by atomic mass is 10.0. The van der Waals surface area contributed by atoms with Gasteiger partial charge in [0.2, 0.25) is 5.88 Å². The zero-order chi connectivity index (χ0) is 26.2. The molecule has 0 aliphatic carbocycles. The van der Waals surface area contributed by atoms with Gasteiger partial charge in [-0.05, 0) is 39.3 Å². The molecule has 1 aliphatic rings. The van der Waals surface area contributed by atoms with Crippen LogP contribution < -0.4 is 15.2 Å². The average Bonchev–Trinajstić information content (AvgIpc) is 3.28. The predicted octanol–water partition coefficient (Wildman–Crippen LogP) is 2.14. The lowest BCUT2D eigenvalue weighted by Gasteiger charge is -2.19. The number of ether oxygens (including phenoxy) is 1. The van der Waals surface area contributed by atoms with Crippen LogP contribution in [0.2, 0.25) is 5.02 Å². The van der Waals surface area contributed by atoms with Crippen LogP contribution >= 0.6 is 11.6 Å². The third kappa shape index (κ3) is 5.37. The van der Waals surface area contributed by atoms with E-state index in [4.69, 9.17) is 21.4 Å². The van der Waals surface area contributed by atoms with Gasteiger partial charge in [-0.3, -0.25) is 9.48 Å². The molecule has 194 valence electrons. The minimum Gasteiger partial charge on any atom is -0.469 e. The van der Waals surface area contributed by atoms with Crippen LogP contribution in [0.25, 0.3) is 11.1 Å². The van der Waals surface area contributed by atoms with Gasteiger partial charge in [-0.15, -0.1) is 0 Å². The summed E-state index contributed by atoms with van der Waals surface area (Å²) in [6.07, 6.45) is 0.816. The highest BCUT2D eigenvalue weighted by Crippen LogP contribution is 2.32. The Hall–Kier alpha value is -3.02. The molecular formula is C24H30ClFN6O4. The topological polar surface area (TPSA) is 119 Å². The highest BCUT2D eigenvalue weighted by Gasteiger charge is 2.36. The number of anilines is 1. The summed E-state index contributed by atoms with van der Waals surface area (Å²) >= 11 is 6.23. The van der Waals surface area contributed by atoms with Gasteiger partial charge in [0.25, 0.3) is 5.56 Å². The Bertz CT molecular complexity index is 1300. The van der Waals surface area contributed by atoms with Crippen molar-refractivity contribution in [1.82, 2.24) is 24.5 Å². The number of aliphatic hydroxyl groups is 2. The Kier molecular flexibility index (Phi) is 7.35. The van der Waals surface area contributed by atoms with Crippen LogP contribution in [0.4, 0.5) is 10.1 Å². The van der Waals surface area contributed by atoms with E-state index < -0.39 is 23.4 Å². The van der Waals surface area contributed by atoms with E-state index in [2.05, 4.69) is 15.2 Å². The molecule has 0 unspecified atom stereocenters. The van der Waals surface area contributed by atoms with Crippen LogP contribution in [0.15, 0.2) is 29.3 Å². The van der Waals surface area contributed by atoms with E-state index in [0.29, 0.717) is 12.2 Å². The van der Waals surface area contributed by atoms with Crippen LogP contribution in [0.1, 0.15) is 25.2 Å². The maximum Gasteiger partial charge on any atom is 0.287 e. The molecule has 0 amide bonds. The van der Waals surface area contributed by atoms with E-state index in [0.717, 1.165) is 27.2 Å². The fraction of sp³-hybridized carbons (Fsp3) is 0.500. The van der Waals surface area contributed by atoms with Crippen LogP contribution in [0.3, 0.4) is 0 Å². The third-order valence-corrected chi connectivity index (χ3v) is 6.39. The minimum atomic E-state index is -1.34. The predicted molar refractivity (Wildman–Crippen MR) is 133 cm³/mol. The smallest absolute Gasteiger partial charge is 0.287 e. The van der Waals surface area contributed by atoms with Crippen molar-refractivity contribution in [3.63, 3.8) is 0 Å². The molecule has 36 heavy (non-hydrogen) atoms. The van der Waals surface area contributed by atoms with Gasteiger partial charge in [-0.1, -0.05) is 11.6 Å². The fourth-order valence-electron chi connectivity index (χ4n) is 4.39. The Morgan fingerprint density at radius 1 is 1.28 bits per heavy atom. The largest absolute Gasteiger partial charge is 0.469 e. The lowest BCUT2D eigenvalue weighted by molar-refractivity contribution is 0.0570. The Morgan fingerprint density at radius 3 is 2.72 bits per heavy atom. The highest BCUT2D eigenvalue weighted by atomic mass is 35.5. The molecule has 1 saturated heterocycles. The summed E-state index contributed by atoms with van der Waals surface area (Å²) in [6, 6.07) is 3.57. The summed E-state index contributed by atoms with van der Waals surface area (Å²) in [4.78, 5) is 18.2. The van der Waals surface area contributed by atoms with E-state index in [9.17, 15) is 14.3 Å². The number of aliphatic hydroxyl groups excluding tert-OH is 1. The van der Waals surface area contributed by atoms with Gasteiger partial charge in [-0.2, -0.15) is 10.2 Å². The summed E-state index contributed by atoms with van der Waals surface area (Å²) in [6.45, 7) is 7.53. The van der Waals surface area contributed by atoms with Crippen molar-refractivity contribution in [2.24, 2.45) is 0 Å². The van der Waals surface area contributed by atoms with Gasteiger partial charge in [0.1, 0.15) is 5.02 Å². The summed E-state index contributed by atoms with van der Waals surface area (Å²) in [5, 5.41) is 27.7. The first-order valence-corrected chi connectivity index (χ1v) is 12.0. The summed E-state index contributed by atoms with van der Waals surface area (Å²) in [5.41, 5.74) is 2.26. The molecule has 2 atom stereocenters. The molecule has 3 aromatic rings. The van der Waals surface area contributed by atoms with E-state index >= 15 is 0 Å². The zero-order valence-corrected chi connectivity index (χ0v) is 21.4. The number of hydrogen-bond acceptors (Lipinski definition) is 8. The molecule has 0 saturated carbocycles. The van der Waals surface area contributed by atoms with Crippen LogP contribution in [-0.4, -0.2) is 72.3 Å². The van der Waals surface area contributed by atoms with Gasteiger partial charge < -0.3 is 19.8 Å². The zero-order valence-electron chi connectivity index (χ0n) is 20.6. The van der Waals surface area contributed by atoms with Gasteiger partial charge in [0, 0.05) is 23.5 Å². The molecule has 3 aromatic heterocycles. The number of halogens is 2. The number of rotatable bonds is 8. The maximum absolute atomic E-state index is 14.9. The first-order valence-electron chi connectivity index (χ1n) is 11.6. The number of nitrogens with zero attached hydrogens (tertiary/aromatic N) is 6. The van der Waals surface area contributed by atoms with Crippen molar-refractivity contribution in [3.8, 4) is 17.0 Å². The molecule has 10 nitrogen and oxygen atoms in total. The van der Waals surface area contributed by atoms with Crippen LogP contribution in [-0.2, 0) is 13.1 Å². The second-order valence-electron chi connectivity index (χ2n) is 9.57. The molecule has 0 radical (unpaired) electrons. The quantitative estimate of drug-likeness (QED) is 0.464. The van der Waals surface area contributed by atoms with E-state index in [1.54, 1.807) is 35.7 Å². The number of hydrogen-bond donors (Lipinski definition) is 2. The molecule has 0 aromatic carbocycles. The second-order valence-corrected chi connectivity index (χ2v) is 9.95. The second kappa shape index (κ2) is 10.2. The van der Waals surface area contributed by atoms with E-state index in [1.165, 1.54) is 6.20 Å². The van der Waals surface area contributed by atoms with Gasteiger partial charge >= 0.3 is 0 Å². The van der Waals surface area contributed by atoms with Crippen molar-refractivity contribution >= 4 is 17.3 Å². The number of aromatic nitrogens is 5. The van der Waals surface area contributed by atoms with Gasteiger partial charge in [0.05, 0.1) is 56.0 Å². The van der Waals surface area contributed by atoms with Crippen molar-refractivity contribution in [3.05, 3.63) is 51.3 Å². The number of aryl methyl sites for hydroxylation is 1. The van der Waals surface area contributed by atoms with Crippen LogP contribution in [0.5, 0.6) is 5.88 Å². The molecule has 1 fully saturated rings. The minimum absolute atomic E-state index is 0.0167. The average molecular weight is 521 g/mol. The molecule has 12 heteroatoms. The summed E-state index contributed by atoms with van der Waals surface area (Å²) in [5.74, 6) is 0.263. The monoisotopic (exact) mass is 520 g/mol. The summed E-state index contributed by atoms with van der Waals surface area (Å²) < 4.78 is 23.7.